The molecule has 0 radical (unpaired) electrons. The molecule has 190 valence electrons. The fraction of sp³-hybridized carbons (Fsp3) is 0.233. The zero-order chi connectivity index (χ0) is 26.6. The van der Waals surface area contributed by atoms with Crippen molar-refractivity contribution in [1.82, 2.24) is 14.7 Å². The Kier molecular flexibility index (Phi) is 7.53. The number of nitrogens with zero attached hydrogens (tertiary/aromatic N) is 3. The molecule has 0 spiro atoms. The van der Waals surface area contributed by atoms with Crippen LogP contribution in [0.3, 0.4) is 0 Å². The molecule has 3 aromatic carbocycles. The van der Waals surface area contributed by atoms with Crippen molar-refractivity contribution < 1.29 is 14.0 Å². The topological polar surface area (TPSA) is 67.2 Å². The van der Waals surface area contributed by atoms with E-state index in [9.17, 15) is 14.0 Å². The molecule has 4 rings (SSSR count). The van der Waals surface area contributed by atoms with Crippen LogP contribution < -0.4 is 5.32 Å². The first-order chi connectivity index (χ1) is 17.6. The first-order valence-electron chi connectivity index (χ1n) is 12.2. The van der Waals surface area contributed by atoms with Crippen LogP contribution in [-0.2, 0) is 16.8 Å². The fourth-order valence-electron chi connectivity index (χ4n) is 3.88. The lowest BCUT2D eigenvalue weighted by molar-refractivity contribution is -0.117. The predicted octanol–water partition coefficient (Wildman–Crippen LogP) is 5.90. The molecule has 1 heterocycles. The SMILES string of the molecule is Cc1ccc(-n2nc(C(C)(C)C)cc2NC(=O)CN(Cc2ccccc2)C(=O)c2ccccc2F)cc1. The van der Waals surface area contributed by atoms with Gasteiger partial charge in [-0.3, -0.25) is 9.59 Å². The number of aryl methyl sites for hydroxylation is 1. The lowest BCUT2D eigenvalue weighted by Gasteiger charge is -2.23. The maximum absolute atomic E-state index is 14.4. The van der Waals surface area contributed by atoms with E-state index in [-0.39, 0.29) is 24.1 Å². The van der Waals surface area contributed by atoms with Crippen molar-refractivity contribution in [2.75, 3.05) is 11.9 Å². The molecule has 1 aromatic heterocycles. The molecule has 0 fully saturated rings. The Morgan fingerprint density at radius 2 is 1.59 bits per heavy atom. The molecule has 0 bridgehead atoms. The summed E-state index contributed by atoms with van der Waals surface area (Å²) in [6.07, 6.45) is 0. The number of benzene rings is 3. The standard InChI is InChI=1S/C30H31FN4O2/c1-21-14-16-23(17-15-21)35-27(18-26(33-35)30(2,3)4)32-28(36)20-34(19-22-10-6-5-7-11-22)29(37)24-12-8-9-13-25(24)31/h5-18H,19-20H2,1-4H3,(H,32,36). The third kappa shape index (κ3) is 6.30. The zero-order valence-electron chi connectivity index (χ0n) is 21.5. The zero-order valence-corrected chi connectivity index (χ0v) is 21.5. The number of halogens is 1. The summed E-state index contributed by atoms with van der Waals surface area (Å²) in [6, 6.07) is 24.8. The van der Waals surface area contributed by atoms with Gasteiger partial charge >= 0.3 is 0 Å². The van der Waals surface area contributed by atoms with E-state index in [1.54, 1.807) is 10.7 Å². The summed E-state index contributed by atoms with van der Waals surface area (Å²) in [5.41, 5.74) is 3.24. The van der Waals surface area contributed by atoms with Gasteiger partial charge in [-0.25, -0.2) is 9.07 Å². The highest BCUT2D eigenvalue weighted by atomic mass is 19.1. The average Bonchev–Trinajstić information content (AvgIpc) is 3.29. The maximum Gasteiger partial charge on any atom is 0.257 e. The van der Waals surface area contributed by atoms with Crippen molar-refractivity contribution in [2.45, 2.75) is 39.7 Å². The second kappa shape index (κ2) is 10.8. The second-order valence-corrected chi connectivity index (χ2v) is 10.1. The highest BCUT2D eigenvalue weighted by molar-refractivity contribution is 5.99. The number of rotatable bonds is 7. The first-order valence-corrected chi connectivity index (χ1v) is 12.2. The molecule has 6 nitrogen and oxygen atoms in total. The molecule has 0 aliphatic heterocycles. The lowest BCUT2D eigenvalue weighted by atomic mass is 9.92. The Hall–Kier alpha value is -4.26. The van der Waals surface area contributed by atoms with Crippen LogP contribution in [0.25, 0.3) is 5.69 Å². The number of carbonyl (C=O) groups excluding carboxylic acids is 2. The highest BCUT2D eigenvalue weighted by Gasteiger charge is 2.25. The predicted molar refractivity (Wildman–Crippen MR) is 143 cm³/mol. The van der Waals surface area contributed by atoms with E-state index < -0.39 is 17.6 Å². The van der Waals surface area contributed by atoms with Crippen LogP contribution >= 0.6 is 0 Å². The van der Waals surface area contributed by atoms with Gasteiger partial charge < -0.3 is 10.2 Å². The summed E-state index contributed by atoms with van der Waals surface area (Å²) in [6.45, 7) is 8.06. The smallest absolute Gasteiger partial charge is 0.257 e. The molecule has 1 N–H and O–H groups in total. The van der Waals surface area contributed by atoms with Crippen LogP contribution in [0.15, 0.2) is 84.9 Å². The van der Waals surface area contributed by atoms with Gasteiger partial charge in [-0.05, 0) is 36.8 Å². The van der Waals surface area contributed by atoms with Crippen molar-refractivity contribution in [3.63, 3.8) is 0 Å². The van der Waals surface area contributed by atoms with Gasteiger partial charge in [0, 0.05) is 18.0 Å². The molecule has 0 aliphatic rings. The second-order valence-electron chi connectivity index (χ2n) is 10.1. The minimum absolute atomic E-state index is 0.0778. The normalized spacial score (nSPS) is 11.3. The summed E-state index contributed by atoms with van der Waals surface area (Å²) in [4.78, 5) is 27.9. The van der Waals surface area contributed by atoms with Gasteiger partial charge in [0.2, 0.25) is 5.91 Å². The number of hydrogen-bond donors (Lipinski definition) is 1. The van der Waals surface area contributed by atoms with E-state index in [1.165, 1.54) is 23.1 Å². The van der Waals surface area contributed by atoms with Gasteiger partial charge in [0.1, 0.15) is 18.2 Å². The minimum Gasteiger partial charge on any atom is -0.325 e. The Morgan fingerprint density at radius 1 is 0.946 bits per heavy atom. The van der Waals surface area contributed by atoms with Crippen molar-refractivity contribution in [2.24, 2.45) is 0 Å². The van der Waals surface area contributed by atoms with Crippen LogP contribution in [0.1, 0.15) is 48.0 Å². The monoisotopic (exact) mass is 498 g/mol. The third-order valence-corrected chi connectivity index (χ3v) is 5.97. The molecule has 0 aliphatic carbocycles. The molecule has 0 saturated heterocycles. The van der Waals surface area contributed by atoms with E-state index in [4.69, 9.17) is 5.10 Å². The fourth-order valence-corrected chi connectivity index (χ4v) is 3.88. The average molecular weight is 499 g/mol. The van der Waals surface area contributed by atoms with Crippen molar-refractivity contribution in [3.8, 4) is 5.69 Å². The largest absolute Gasteiger partial charge is 0.325 e. The Morgan fingerprint density at radius 3 is 2.24 bits per heavy atom. The molecular formula is C30H31FN4O2. The van der Waals surface area contributed by atoms with E-state index >= 15 is 0 Å². The first kappa shape index (κ1) is 25.8. The lowest BCUT2D eigenvalue weighted by Crippen LogP contribution is -2.38. The van der Waals surface area contributed by atoms with Crippen LogP contribution in [0.4, 0.5) is 10.2 Å². The number of hydrogen-bond acceptors (Lipinski definition) is 3. The van der Waals surface area contributed by atoms with Crippen LogP contribution in [0.2, 0.25) is 0 Å². The molecule has 37 heavy (non-hydrogen) atoms. The summed E-state index contributed by atoms with van der Waals surface area (Å²) < 4.78 is 16.1. The van der Waals surface area contributed by atoms with Gasteiger partial charge in [-0.15, -0.1) is 0 Å². The molecule has 2 amide bonds. The molecule has 4 aromatic rings. The number of anilines is 1. The molecule has 7 heteroatoms. The third-order valence-electron chi connectivity index (χ3n) is 5.97. The number of carbonyl (C=O) groups is 2. The molecule has 0 atom stereocenters. The van der Waals surface area contributed by atoms with Crippen LogP contribution in [-0.4, -0.2) is 33.0 Å². The van der Waals surface area contributed by atoms with E-state index in [2.05, 4.69) is 26.1 Å². The number of amides is 2. The van der Waals surface area contributed by atoms with E-state index in [0.29, 0.717) is 5.82 Å². The van der Waals surface area contributed by atoms with Gasteiger partial charge in [-0.2, -0.15) is 5.10 Å². The van der Waals surface area contributed by atoms with Gasteiger partial charge in [0.05, 0.1) is 16.9 Å². The molecule has 0 unspecified atom stereocenters. The van der Waals surface area contributed by atoms with Gasteiger partial charge in [0.25, 0.3) is 5.91 Å². The summed E-state index contributed by atoms with van der Waals surface area (Å²) in [7, 11) is 0. The molecule has 0 saturated carbocycles. The number of aromatic nitrogens is 2. The maximum atomic E-state index is 14.4. The van der Waals surface area contributed by atoms with E-state index in [0.717, 1.165) is 22.5 Å². The van der Waals surface area contributed by atoms with Crippen molar-refractivity contribution in [3.05, 3.63) is 113 Å². The highest BCUT2D eigenvalue weighted by Crippen LogP contribution is 2.26. The van der Waals surface area contributed by atoms with Gasteiger partial charge in [0.15, 0.2) is 0 Å². The summed E-state index contributed by atoms with van der Waals surface area (Å²) in [5.74, 6) is -1.09. The Labute approximate surface area is 216 Å². The Balaban J connectivity index is 1.62. The van der Waals surface area contributed by atoms with Crippen LogP contribution in [0, 0.1) is 12.7 Å². The van der Waals surface area contributed by atoms with Gasteiger partial charge in [-0.1, -0.05) is 80.9 Å². The van der Waals surface area contributed by atoms with Crippen molar-refractivity contribution >= 4 is 17.6 Å². The number of nitrogens with one attached hydrogen (secondary N) is 1. The minimum atomic E-state index is -0.627. The summed E-state index contributed by atoms with van der Waals surface area (Å²) in [5, 5.41) is 7.67. The molecular weight excluding hydrogens is 467 g/mol. The van der Waals surface area contributed by atoms with Crippen molar-refractivity contribution in [1.29, 1.82) is 0 Å². The van der Waals surface area contributed by atoms with Crippen LogP contribution in [0.5, 0.6) is 0 Å². The quantitative estimate of drug-likeness (QED) is 0.345. The van der Waals surface area contributed by atoms with E-state index in [1.807, 2.05) is 67.6 Å². The Bertz CT molecular complexity index is 1390. The summed E-state index contributed by atoms with van der Waals surface area (Å²) >= 11 is 0.